The van der Waals surface area contributed by atoms with Crippen LogP contribution in [-0.4, -0.2) is 30.4 Å². The molecule has 1 aliphatic heterocycles. The van der Waals surface area contributed by atoms with Gasteiger partial charge < -0.3 is 10.2 Å². The lowest BCUT2D eigenvalue weighted by Crippen LogP contribution is -2.29. The van der Waals surface area contributed by atoms with Gasteiger partial charge >= 0.3 is 0 Å². The second-order valence-electron chi connectivity index (χ2n) is 5.18. The molecule has 0 aliphatic carbocycles. The average molecular weight is 343 g/mol. The molecule has 1 atom stereocenters. The van der Waals surface area contributed by atoms with Crippen molar-refractivity contribution in [3.05, 3.63) is 34.1 Å². The van der Waals surface area contributed by atoms with E-state index in [1.165, 1.54) is 6.07 Å². The SMILES string of the molecule is C[C@@H](NCCCN1CCCC1=O)c1cc(Br)ccc1F. The lowest BCUT2D eigenvalue weighted by atomic mass is 10.1. The molecule has 20 heavy (non-hydrogen) atoms. The number of carbonyl (C=O) groups excluding carboxylic acids is 1. The van der Waals surface area contributed by atoms with Gasteiger partial charge in [-0.1, -0.05) is 15.9 Å². The molecule has 0 unspecified atom stereocenters. The molecule has 0 radical (unpaired) electrons. The van der Waals surface area contributed by atoms with Gasteiger partial charge in [-0.25, -0.2) is 4.39 Å². The van der Waals surface area contributed by atoms with Gasteiger partial charge in [-0.15, -0.1) is 0 Å². The third-order valence-electron chi connectivity index (χ3n) is 3.65. The van der Waals surface area contributed by atoms with Gasteiger partial charge in [0.05, 0.1) is 0 Å². The van der Waals surface area contributed by atoms with E-state index in [0.29, 0.717) is 12.0 Å². The lowest BCUT2D eigenvalue weighted by Gasteiger charge is -2.18. The molecular weight excluding hydrogens is 323 g/mol. The summed E-state index contributed by atoms with van der Waals surface area (Å²) in [6.07, 6.45) is 2.56. The molecule has 5 heteroatoms. The van der Waals surface area contributed by atoms with Crippen LogP contribution in [0.5, 0.6) is 0 Å². The largest absolute Gasteiger partial charge is 0.343 e. The topological polar surface area (TPSA) is 32.3 Å². The highest BCUT2D eigenvalue weighted by molar-refractivity contribution is 9.10. The summed E-state index contributed by atoms with van der Waals surface area (Å²) in [4.78, 5) is 13.4. The number of benzene rings is 1. The lowest BCUT2D eigenvalue weighted by molar-refractivity contribution is -0.127. The molecule has 1 amide bonds. The number of hydrogen-bond donors (Lipinski definition) is 1. The van der Waals surface area contributed by atoms with E-state index in [1.807, 2.05) is 11.8 Å². The van der Waals surface area contributed by atoms with Crippen LogP contribution in [0.3, 0.4) is 0 Å². The number of nitrogens with one attached hydrogen (secondary N) is 1. The molecule has 0 saturated carbocycles. The van der Waals surface area contributed by atoms with Crippen LogP contribution in [0.15, 0.2) is 22.7 Å². The Hall–Kier alpha value is -0.940. The number of hydrogen-bond acceptors (Lipinski definition) is 2. The number of carbonyl (C=O) groups is 1. The van der Waals surface area contributed by atoms with Crippen molar-refractivity contribution >= 4 is 21.8 Å². The van der Waals surface area contributed by atoms with Crippen LogP contribution in [-0.2, 0) is 4.79 Å². The molecule has 1 heterocycles. The molecule has 0 aromatic heterocycles. The second kappa shape index (κ2) is 7.18. The van der Waals surface area contributed by atoms with Crippen molar-refractivity contribution in [1.29, 1.82) is 0 Å². The maximum Gasteiger partial charge on any atom is 0.222 e. The van der Waals surface area contributed by atoms with E-state index in [0.717, 1.165) is 36.9 Å². The molecular formula is C15H20BrFN2O. The van der Waals surface area contributed by atoms with Crippen molar-refractivity contribution in [2.24, 2.45) is 0 Å². The number of amides is 1. The minimum atomic E-state index is -0.192. The van der Waals surface area contributed by atoms with Crippen molar-refractivity contribution in [1.82, 2.24) is 10.2 Å². The molecule has 2 rings (SSSR count). The van der Waals surface area contributed by atoms with Crippen molar-refractivity contribution < 1.29 is 9.18 Å². The Morgan fingerprint density at radius 3 is 3.00 bits per heavy atom. The smallest absolute Gasteiger partial charge is 0.222 e. The van der Waals surface area contributed by atoms with Crippen molar-refractivity contribution in [3.8, 4) is 0 Å². The Kier molecular flexibility index (Phi) is 5.54. The fraction of sp³-hybridized carbons (Fsp3) is 0.533. The van der Waals surface area contributed by atoms with E-state index in [-0.39, 0.29) is 17.8 Å². The summed E-state index contributed by atoms with van der Waals surface area (Å²) in [6, 6.07) is 4.93. The number of likely N-dealkylation sites (tertiary alicyclic amines) is 1. The second-order valence-corrected chi connectivity index (χ2v) is 6.10. The van der Waals surface area contributed by atoms with E-state index in [1.54, 1.807) is 12.1 Å². The molecule has 1 aromatic carbocycles. The van der Waals surface area contributed by atoms with Crippen LogP contribution in [0.25, 0.3) is 0 Å². The Morgan fingerprint density at radius 2 is 2.30 bits per heavy atom. The minimum Gasteiger partial charge on any atom is -0.343 e. The van der Waals surface area contributed by atoms with Crippen molar-refractivity contribution in [2.75, 3.05) is 19.6 Å². The maximum absolute atomic E-state index is 13.7. The number of rotatable bonds is 6. The highest BCUT2D eigenvalue weighted by atomic mass is 79.9. The molecule has 0 spiro atoms. The molecule has 0 bridgehead atoms. The van der Waals surface area contributed by atoms with Gasteiger partial charge in [-0.3, -0.25) is 4.79 Å². The third-order valence-corrected chi connectivity index (χ3v) is 4.14. The fourth-order valence-corrected chi connectivity index (χ4v) is 2.86. The monoisotopic (exact) mass is 342 g/mol. The van der Waals surface area contributed by atoms with Crippen molar-refractivity contribution in [3.63, 3.8) is 0 Å². The van der Waals surface area contributed by atoms with Crippen LogP contribution in [0, 0.1) is 5.82 Å². The van der Waals surface area contributed by atoms with Crippen LogP contribution >= 0.6 is 15.9 Å². The molecule has 1 N–H and O–H groups in total. The number of nitrogens with zero attached hydrogens (tertiary/aromatic N) is 1. The summed E-state index contributed by atoms with van der Waals surface area (Å²) < 4.78 is 14.6. The Bertz CT molecular complexity index is 481. The summed E-state index contributed by atoms with van der Waals surface area (Å²) in [7, 11) is 0. The van der Waals surface area contributed by atoms with Gasteiger partial charge in [0, 0.05) is 35.6 Å². The van der Waals surface area contributed by atoms with Crippen molar-refractivity contribution in [2.45, 2.75) is 32.2 Å². The average Bonchev–Trinajstić information content (AvgIpc) is 2.83. The van der Waals surface area contributed by atoms with Gasteiger partial charge in [-0.05, 0) is 44.5 Å². The highest BCUT2D eigenvalue weighted by Gasteiger charge is 2.19. The van der Waals surface area contributed by atoms with Gasteiger partial charge in [0.25, 0.3) is 0 Å². The first-order valence-electron chi connectivity index (χ1n) is 7.04. The number of halogens is 2. The normalized spacial score (nSPS) is 16.8. The van der Waals surface area contributed by atoms with Gasteiger partial charge in [-0.2, -0.15) is 0 Å². The minimum absolute atomic E-state index is 0.0400. The van der Waals surface area contributed by atoms with Crippen LogP contribution in [0.2, 0.25) is 0 Å². The first-order chi connectivity index (χ1) is 9.58. The zero-order valence-corrected chi connectivity index (χ0v) is 13.2. The third kappa shape index (κ3) is 4.03. The molecule has 1 saturated heterocycles. The van der Waals surface area contributed by atoms with E-state index in [4.69, 9.17) is 0 Å². The summed E-state index contributed by atoms with van der Waals surface area (Å²) >= 11 is 3.36. The first kappa shape index (κ1) is 15.4. The summed E-state index contributed by atoms with van der Waals surface area (Å²) in [5.74, 6) is 0.0685. The quantitative estimate of drug-likeness (QED) is 0.805. The molecule has 110 valence electrons. The van der Waals surface area contributed by atoms with E-state index in [9.17, 15) is 9.18 Å². The predicted molar refractivity (Wildman–Crippen MR) is 80.9 cm³/mol. The summed E-state index contributed by atoms with van der Waals surface area (Å²) in [5.41, 5.74) is 0.664. The molecule has 1 aromatic rings. The Balaban J connectivity index is 1.76. The fourth-order valence-electron chi connectivity index (χ4n) is 2.49. The van der Waals surface area contributed by atoms with E-state index < -0.39 is 0 Å². The zero-order valence-electron chi connectivity index (χ0n) is 11.7. The highest BCUT2D eigenvalue weighted by Crippen LogP contribution is 2.21. The molecule has 3 nitrogen and oxygen atoms in total. The first-order valence-corrected chi connectivity index (χ1v) is 7.83. The van der Waals surface area contributed by atoms with E-state index in [2.05, 4.69) is 21.2 Å². The van der Waals surface area contributed by atoms with Gasteiger partial charge in [0.15, 0.2) is 0 Å². The van der Waals surface area contributed by atoms with Gasteiger partial charge in [0.1, 0.15) is 5.82 Å². The van der Waals surface area contributed by atoms with Crippen LogP contribution in [0.1, 0.15) is 37.8 Å². The molecule has 1 fully saturated rings. The Morgan fingerprint density at radius 1 is 1.50 bits per heavy atom. The Labute approximate surface area is 127 Å². The molecule has 1 aliphatic rings. The summed E-state index contributed by atoms with van der Waals surface area (Å²) in [5, 5.41) is 3.31. The standard InChI is InChI=1S/C15H20BrFN2O/c1-11(13-10-12(16)5-6-14(13)17)18-7-3-9-19-8-2-4-15(19)20/h5-6,10-11,18H,2-4,7-9H2,1H3/t11-/m1/s1. The predicted octanol–water partition coefficient (Wildman–Crippen LogP) is 3.25. The zero-order chi connectivity index (χ0) is 14.5. The van der Waals surface area contributed by atoms with Crippen LogP contribution < -0.4 is 5.32 Å². The van der Waals surface area contributed by atoms with E-state index >= 15 is 0 Å². The van der Waals surface area contributed by atoms with Crippen LogP contribution in [0.4, 0.5) is 4.39 Å². The maximum atomic E-state index is 13.7. The van der Waals surface area contributed by atoms with Gasteiger partial charge in [0.2, 0.25) is 5.91 Å². The summed E-state index contributed by atoms with van der Waals surface area (Å²) in [6.45, 7) is 4.40.